The molecule has 4 atom stereocenters. The van der Waals surface area contributed by atoms with Crippen molar-refractivity contribution in [2.45, 2.75) is 75.4 Å². The van der Waals surface area contributed by atoms with Crippen LogP contribution in [-0.2, 0) is 25.2 Å². The normalized spacial score (nSPS) is 25.3. The number of carboxylic acid groups (broad SMARTS) is 1. The molecule has 0 aliphatic carbocycles. The third-order valence-electron chi connectivity index (χ3n) is 9.11. The predicted molar refractivity (Wildman–Crippen MR) is 168 cm³/mol. The lowest BCUT2D eigenvalue weighted by atomic mass is 9.67. The summed E-state index contributed by atoms with van der Waals surface area (Å²) in [6.07, 6.45) is 0.361. The topological polar surface area (TPSA) is 95.0 Å². The van der Waals surface area contributed by atoms with E-state index in [1.165, 1.54) is 4.31 Å². The van der Waals surface area contributed by atoms with Crippen LogP contribution >= 0.6 is 23.2 Å². The largest absolute Gasteiger partial charge is 0.481 e. The molecule has 2 aliphatic rings. The first-order chi connectivity index (χ1) is 20.2. The van der Waals surface area contributed by atoms with E-state index in [1.807, 2.05) is 63.2 Å². The van der Waals surface area contributed by atoms with Crippen LogP contribution in [0.4, 0.5) is 0 Å². The standard InChI is InChI=1S/C33H36Cl2N2O5S/c1-5-25(20-36-32(2,3)27-11-6-7-12-28(27)43(36,41)42)37-30(21-13-15-23(34)16-14-21)26(22-9-8-10-24(35)17-22)18-33(4,31(37)40)19-29(38)39/h6-17,25-26,30H,5,18-20H2,1-4H3,(H,38,39)/t25?,26-,30-,33-/m1/s1. The van der Waals surface area contributed by atoms with Gasteiger partial charge in [0.15, 0.2) is 0 Å². The van der Waals surface area contributed by atoms with Crippen molar-refractivity contribution in [2.75, 3.05) is 6.54 Å². The Kier molecular flexibility index (Phi) is 8.46. The van der Waals surface area contributed by atoms with E-state index in [4.69, 9.17) is 23.2 Å². The van der Waals surface area contributed by atoms with Gasteiger partial charge < -0.3 is 10.0 Å². The number of fused-ring (bicyclic) bond motifs is 1. The Hall–Kier alpha value is -2.91. The molecule has 1 N–H and O–H groups in total. The first kappa shape index (κ1) is 31.5. The molecule has 5 rings (SSSR count). The van der Waals surface area contributed by atoms with Crippen LogP contribution in [-0.4, -0.2) is 47.2 Å². The molecule has 2 aliphatic heterocycles. The minimum Gasteiger partial charge on any atom is -0.481 e. The Bertz CT molecular complexity index is 1660. The van der Waals surface area contributed by atoms with E-state index in [9.17, 15) is 23.1 Å². The molecule has 2 heterocycles. The average Bonchev–Trinajstić information content (AvgIpc) is 3.10. The number of carbonyl (C=O) groups is 2. The molecule has 0 saturated carbocycles. The van der Waals surface area contributed by atoms with Crippen LogP contribution in [0.15, 0.2) is 77.7 Å². The maximum absolute atomic E-state index is 14.6. The number of carbonyl (C=O) groups excluding carboxylic acids is 1. The molecule has 1 saturated heterocycles. The van der Waals surface area contributed by atoms with Crippen molar-refractivity contribution < 1.29 is 23.1 Å². The summed E-state index contributed by atoms with van der Waals surface area (Å²) in [6.45, 7) is 7.42. The van der Waals surface area contributed by atoms with Gasteiger partial charge in [0, 0.05) is 28.5 Å². The van der Waals surface area contributed by atoms with E-state index in [0.29, 0.717) is 22.0 Å². The zero-order chi connectivity index (χ0) is 31.3. The number of halogens is 2. The second-order valence-corrected chi connectivity index (χ2v) is 15.1. The predicted octanol–water partition coefficient (Wildman–Crippen LogP) is 7.25. The second-order valence-electron chi connectivity index (χ2n) is 12.4. The van der Waals surface area contributed by atoms with Crippen molar-refractivity contribution in [3.05, 3.63) is 99.5 Å². The van der Waals surface area contributed by atoms with Gasteiger partial charge in [-0.1, -0.05) is 79.5 Å². The van der Waals surface area contributed by atoms with Crippen LogP contribution in [0.3, 0.4) is 0 Å². The number of piperidine rings is 1. The fourth-order valence-corrected chi connectivity index (χ4v) is 9.44. The fraction of sp³-hybridized carbons (Fsp3) is 0.394. The molecule has 43 heavy (non-hydrogen) atoms. The number of hydrogen-bond acceptors (Lipinski definition) is 4. The van der Waals surface area contributed by atoms with E-state index in [1.54, 1.807) is 42.2 Å². The lowest BCUT2D eigenvalue weighted by Gasteiger charge is -2.52. The summed E-state index contributed by atoms with van der Waals surface area (Å²) in [5.74, 6) is -1.71. The first-order valence-electron chi connectivity index (χ1n) is 14.4. The Morgan fingerprint density at radius 3 is 2.26 bits per heavy atom. The minimum atomic E-state index is -3.86. The summed E-state index contributed by atoms with van der Waals surface area (Å²) in [4.78, 5) is 28.8. The van der Waals surface area contributed by atoms with Gasteiger partial charge in [-0.25, -0.2) is 8.42 Å². The van der Waals surface area contributed by atoms with Crippen LogP contribution < -0.4 is 0 Å². The number of hydrogen-bond donors (Lipinski definition) is 1. The molecule has 10 heteroatoms. The van der Waals surface area contributed by atoms with E-state index < -0.39 is 39.0 Å². The van der Waals surface area contributed by atoms with Crippen LogP contribution in [0, 0.1) is 5.41 Å². The number of amides is 1. The molecule has 0 spiro atoms. The van der Waals surface area contributed by atoms with Gasteiger partial charge in [-0.15, -0.1) is 0 Å². The lowest BCUT2D eigenvalue weighted by molar-refractivity contribution is -0.161. The number of nitrogens with zero attached hydrogens (tertiary/aromatic N) is 2. The van der Waals surface area contributed by atoms with Crippen LogP contribution in [0.25, 0.3) is 0 Å². The SMILES string of the molecule is CCC(CN1C(C)(C)c2ccccc2S1(=O)=O)N1C(=O)[C@@](C)(CC(=O)O)C[C@H](c2cccc(Cl)c2)[C@H]1c1ccc(Cl)cc1. The molecule has 0 bridgehead atoms. The smallest absolute Gasteiger partial charge is 0.304 e. The Labute approximate surface area is 263 Å². The molecule has 0 aromatic heterocycles. The quantitative estimate of drug-likeness (QED) is 0.279. The number of rotatable bonds is 8. The van der Waals surface area contributed by atoms with Crippen LogP contribution in [0.5, 0.6) is 0 Å². The lowest BCUT2D eigenvalue weighted by Crippen LogP contribution is -2.59. The Morgan fingerprint density at radius 1 is 0.977 bits per heavy atom. The highest BCUT2D eigenvalue weighted by Gasteiger charge is 2.54. The number of carboxylic acids is 1. The monoisotopic (exact) mass is 642 g/mol. The first-order valence-corrected chi connectivity index (χ1v) is 16.6. The van der Waals surface area contributed by atoms with Crippen molar-refractivity contribution in [3.63, 3.8) is 0 Å². The number of aliphatic carboxylic acids is 1. The zero-order valence-electron chi connectivity index (χ0n) is 24.6. The second kappa shape index (κ2) is 11.5. The van der Waals surface area contributed by atoms with Crippen molar-refractivity contribution in [1.82, 2.24) is 9.21 Å². The average molecular weight is 644 g/mol. The third-order valence-corrected chi connectivity index (χ3v) is 11.7. The molecule has 3 aromatic carbocycles. The number of benzene rings is 3. The van der Waals surface area contributed by atoms with Crippen molar-refractivity contribution in [1.29, 1.82) is 0 Å². The summed E-state index contributed by atoms with van der Waals surface area (Å²) >= 11 is 12.7. The molecule has 1 fully saturated rings. The third kappa shape index (κ3) is 5.59. The molecular weight excluding hydrogens is 607 g/mol. The molecule has 228 valence electrons. The summed E-state index contributed by atoms with van der Waals surface area (Å²) in [5.41, 5.74) is 0.311. The molecule has 1 amide bonds. The molecular formula is C33H36Cl2N2O5S. The van der Waals surface area contributed by atoms with Crippen molar-refractivity contribution in [2.24, 2.45) is 5.41 Å². The highest BCUT2D eigenvalue weighted by atomic mass is 35.5. The van der Waals surface area contributed by atoms with Gasteiger partial charge in [0.1, 0.15) is 0 Å². The molecule has 3 aromatic rings. The van der Waals surface area contributed by atoms with Gasteiger partial charge in [-0.2, -0.15) is 4.31 Å². The summed E-state index contributed by atoms with van der Waals surface area (Å²) in [7, 11) is -3.86. The van der Waals surface area contributed by atoms with E-state index >= 15 is 0 Å². The maximum Gasteiger partial charge on any atom is 0.304 e. The molecule has 1 unspecified atom stereocenters. The van der Waals surface area contributed by atoms with Gasteiger partial charge in [-0.05, 0) is 73.7 Å². The van der Waals surface area contributed by atoms with E-state index in [-0.39, 0.29) is 36.1 Å². The minimum absolute atomic E-state index is 0.0434. The number of sulfonamides is 1. The Morgan fingerprint density at radius 2 is 1.65 bits per heavy atom. The van der Waals surface area contributed by atoms with E-state index in [2.05, 4.69) is 0 Å². The van der Waals surface area contributed by atoms with Gasteiger partial charge in [-0.3, -0.25) is 9.59 Å². The summed E-state index contributed by atoms with van der Waals surface area (Å²) in [5, 5.41) is 11.0. The van der Waals surface area contributed by atoms with Gasteiger partial charge in [0.25, 0.3) is 0 Å². The van der Waals surface area contributed by atoms with Crippen molar-refractivity contribution >= 4 is 45.1 Å². The summed E-state index contributed by atoms with van der Waals surface area (Å²) in [6, 6.07) is 20.6. The Balaban J connectivity index is 1.68. The highest BCUT2D eigenvalue weighted by Crippen LogP contribution is 2.53. The van der Waals surface area contributed by atoms with Crippen LogP contribution in [0.2, 0.25) is 10.0 Å². The van der Waals surface area contributed by atoms with E-state index in [0.717, 1.165) is 11.1 Å². The van der Waals surface area contributed by atoms with Gasteiger partial charge in [0.2, 0.25) is 15.9 Å². The van der Waals surface area contributed by atoms with Gasteiger partial charge in [0.05, 0.1) is 28.3 Å². The zero-order valence-corrected chi connectivity index (χ0v) is 27.0. The fourth-order valence-electron chi connectivity index (χ4n) is 6.96. The molecule has 7 nitrogen and oxygen atoms in total. The van der Waals surface area contributed by atoms with Crippen molar-refractivity contribution in [3.8, 4) is 0 Å². The maximum atomic E-state index is 14.6. The number of likely N-dealkylation sites (tertiary alicyclic amines) is 1. The summed E-state index contributed by atoms with van der Waals surface area (Å²) < 4.78 is 29.3. The highest BCUT2D eigenvalue weighted by molar-refractivity contribution is 7.89. The van der Waals surface area contributed by atoms with Crippen LogP contribution in [0.1, 0.15) is 75.6 Å². The molecule has 0 radical (unpaired) electrons. The van der Waals surface area contributed by atoms with Gasteiger partial charge >= 0.3 is 5.97 Å².